The van der Waals surface area contributed by atoms with Gasteiger partial charge < -0.3 is 0 Å². The average Bonchev–Trinajstić information content (AvgIpc) is 2.32. The van der Waals surface area contributed by atoms with Crippen LogP contribution in [0.3, 0.4) is 0 Å². The van der Waals surface area contributed by atoms with Gasteiger partial charge >= 0.3 is 0 Å². The molecule has 0 aromatic rings. The Morgan fingerprint density at radius 2 is 1.00 bits per heavy atom. The van der Waals surface area contributed by atoms with E-state index in [0.29, 0.717) is 0 Å². The Hall–Kier alpha value is 0.340. The summed E-state index contributed by atoms with van der Waals surface area (Å²) in [6.07, 6.45) is 14.6. The highest BCUT2D eigenvalue weighted by molar-refractivity contribution is 7.57. The molecule has 0 heterocycles. The third-order valence-corrected chi connectivity index (χ3v) is 6.37. The molecular formula is C13H22P2. The van der Waals surface area contributed by atoms with Crippen LogP contribution in [0.15, 0.2) is 0 Å². The van der Waals surface area contributed by atoms with Crippen LogP contribution in [0, 0.1) is 0 Å². The molecule has 2 fully saturated rings. The van der Waals surface area contributed by atoms with Crippen molar-refractivity contribution in [1.29, 1.82) is 0 Å². The van der Waals surface area contributed by atoms with E-state index < -0.39 is 0 Å². The maximum Gasteiger partial charge on any atom is 0.0315 e. The molecule has 0 atom stereocenters. The second kappa shape index (κ2) is 6.82. The summed E-state index contributed by atoms with van der Waals surface area (Å²) < 4.78 is 0. The van der Waals surface area contributed by atoms with Gasteiger partial charge in [0.25, 0.3) is 0 Å². The van der Waals surface area contributed by atoms with E-state index in [1.165, 1.54) is 70.1 Å². The maximum absolute atomic E-state index is 1.85. The highest BCUT2D eigenvalue weighted by atomic mass is 31.1. The molecule has 2 heteroatoms. The van der Waals surface area contributed by atoms with Crippen LogP contribution in [-0.2, 0) is 0 Å². The molecule has 0 aromatic heterocycles. The van der Waals surface area contributed by atoms with Crippen LogP contribution < -0.4 is 0 Å². The van der Waals surface area contributed by atoms with Gasteiger partial charge in [0.2, 0.25) is 0 Å². The first-order valence-corrected chi connectivity index (χ1v) is 8.65. The minimum atomic E-state index is 1.41. The highest BCUT2D eigenvalue weighted by Gasteiger charge is 2.06. The number of hydrogen-bond acceptors (Lipinski definition) is 0. The van der Waals surface area contributed by atoms with Gasteiger partial charge in [0.05, 0.1) is 0 Å². The maximum atomic E-state index is 1.85. The summed E-state index contributed by atoms with van der Waals surface area (Å²) in [4.78, 5) is 0. The Bertz CT molecular complexity index is 211. The van der Waals surface area contributed by atoms with Crippen LogP contribution in [0.25, 0.3) is 0 Å². The van der Waals surface area contributed by atoms with Gasteiger partial charge in [-0.05, 0) is 62.0 Å². The van der Waals surface area contributed by atoms with Gasteiger partial charge in [-0.2, -0.15) is 0 Å². The molecule has 0 aromatic carbocycles. The lowest BCUT2D eigenvalue weighted by Gasteiger charge is -2.13. The van der Waals surface area contributed by atoms with Gasteiger partial charge in [-0.15, -0.1) is 0 Å². The van der Waals surface area contributed by atoms with Gasteiger partial charge in [-0.25, -0.2) is 0 Å². The van der Waals surface area contributed by atoms with Crippen molar-refractivity contribution in [3.63, 3.8) is 0 Å². The van der Waals surface area contributed by atoms with E-state index in [9.17, 15) is 0 Å². The molecule has 15 heavy (non-hydrogen) atoms. The molecule has 2 aliphatic carbocycles. The van der Waals surface area contributed by atoms with Crippen molar-refractivity contribution in [3.8, 4) is 0 Å². The Morgan fingerprint density at radius 3 is 1.40 bits per heavy atom. The first-order chi connectivity index (χ1) is 7.45. The predicted octanol–water partition coefficient (Wildman–Crippen LogP) is 5.11. The molecule has 0 aliphatic heterocycles. The van der Waals surface area contributed by atoms with Gasteiger partial charge in [0.15, 0.2) is 0 Å². The first-order valence-electron chi connectivity index (χ1n) is 6.49. The van der Waals surface area contributed by atoms with Crippen LogP contribution >= 0.6 is 16.4 Å². The van der Waals surface area contributed by atoms with Gasteiger partial charge in [-0.1, -0.05) is 29.3 Å². The summed E-state index contributed by atoms with van der Waals surface area (Å²) in [6, 6.07) is 0. The minimum Gasteiger partial charge on any atom is -0.0963 e. The van der Waals surface area contributed by atoms with E-state index in [1.54, 1.807) is 16.4 Å². The Morgan fingerprint density at radius 1 is 0.600 bits per heavy atom. The van der Waals surface area contributed by atoms with Crippen LogP contribution in [-0.4, -0.2) is 16.5 Å². The summed E-state index contributed by atoms with van der Waals surface area (Å²) in [5, 5.41) is 3.70. The lowest BCUT2D eigenvalue weighted by Crippen LogP contribution is -2.02. The van der Waals surface area contributed by atoms with E-state index in [4.69, 9.17) is 0 Å². The molecule has 0 N–H and O–H groups in total. The summed E-state index contributed by atoms with van der Waals surface area (Å²) in [6.45, 7) is 0. The number of hydrogen-bond donors (Lipinski definition) is 0. The molecule has 2 aliphatic rings. The molecule has 0 nitrogen and oxygen atoms in total. The minimum absolute atomic E-state index is 1.41. The monoisotopic (exact) mass is 240 g/mol. The van der Waals surface area contributed by atoms with E-state index in [2.05, 4.69) is 0 Å². The highest BCUT2D eigenvalue weighted by Crippen LogP contribution is 2.25. The number of rotatable bonds is 2. The standard InChI is InChI=1S/C13H22P2/c1-3-7-12(8-4-1)14-11-15-13-9-5-2-6-10-13/h1-11H2. The molecule has 2 rings (SSSR count). The Kier molecular flexibility index (Phi) is 5.37. The molecule has 0 unspecified atom stereocenters. The predicted molar refractivity (Wildman–Crippen MR) is 74.9 cm³/mol. The summed E-state index contributed by atoms with van der Waals surface area (Å²) in [5.74, 6) is 1.41. The van der Waals surface area contributed by atoms with Crippen molar-refractivity contribution < 1.29 is 0 Å². The van der Waals surface area contributed by atoms with Crippen molar-refractivity contribution >= 4 is 27.0 Å². The average molecular weight is 240 g/mol. The SMILES string of the molecule is C1CCC(=PCP=C2CCCCC2)CC1. The van der Waals surface area contributed by atoms with Crippen molar-refractivity contribution in [2.45, 2.75) is 64.2 Å². The fraction of sp³-hybridized carbons (Fsp3) is 0.846. The molecule has 0 bridgehead atoms. The molecule has 0 radical (unpaired) electrons. The van der Waals surface area contributed by atoms with E-state index in [1.807, 2.05) is 10.6 Å². The molecule has 2 saturated carbocycles. The fourth-order valence-corrected chi connectivity index (χ4v) is 5.62. The smallest absolute Gasteiger partial charge is 0.0315 e. The summed E-state index contributed by atoms with van der Waals surface area (Å²) in [5.41, 5.74) is 0. The third-order valence-electron chi connectivity index (χ3n) is 3.45. The van der Waals surface area contributed by atoms with Crippen molar-refractivity contribution in [2.24, 2.45) is 0 Å². The second-order valence-corrected chi connectivity index (χ2v) is 7.74. The first kappa shape index (κ1) is 11.8. The zero-order valence-electron chi connectivity index (χ0n) is 9.67. The lowest BCUT2D eigenvalue weighted by molar-refractivity contribution is 0.674. The Labute approximate surface area is 97.5 Å². The van der Waals surface area contributed by atoms with Gasteiger partial charge in [0.1, 0.15) is 0 Å². The van der Waals surface area contributed by atoms with Crippen molar-refractivity contribution in [3.05, 3.63) is 0 Å². The zero-order valence-corrected chi connectivity index (χ0v) is 11.5. The largest absolute Gasteiger partial charge is 0.0963 e. The summed E-state index contributed by atoms with van der Waals surface area (Å²) in [7, 11) is 3.36. The topological polar surface area (TPSA) is 0 Å². The summed E-state index contributed by atoms with van der Waals surface area (Å²) >= 11 is 0. The van der Waals surface area contributed by atoms with E-state index in [-0.39, 0.29) is 0 Å². The van der Waals surface area contributed by atoms with Crippen molar-refractivity contribution in [1.82, 2.24) is 0 Å². The van der Waals surface area contributed by atoms with E-state index in [0.717, 1.165) is 0 Å². The van der Waals surface area contributed by atoms with Crippen LogP contribution in [0.4, 0.5) is 0 Å². The molecule has 0 spiro atoms. The van der Waals surface area contributed by atoms with E-state index >= 15 is 0 Å². The van der Waals surface area contributed by atoms with Crippen LogP contribution in [0.1, 0.15) is 64.2 Å². The van der Waals surface area contributed by atoms with Crippen LogP contribution in [0.2, 0.25) is 0 Å². The quantitative estimate of drug-likeness (QED) is 0.588. The zero-order chi connectivity index (χ0) is 10.3. The van der Waals surface area contributed by atoms with Crippen LogP contribution in [0.5, 0.6) is 0 Å². The molecule has 84 valence electrons. The lowest BCUT2D eigenvalue weighted by atomic mass is 10.0. The van der Waals surface area contributed by atoms with Gasteiger partial charge in [0, 0.05) is 5.90 Å². The normalized spacial score (nSPS) is 23.7. The van der Waals surface area contributed by atoms with Crippen molar-refractivity contribution in [2.75, 3.05) is 5.90 Å². The second-order valence-electron chi connectivity index (χ2n) is 4.71. The Balaban J connectivity index is 1.76. The molecule has 0 amide bonds. The molecule has 0 saturated heterocycles. The van der Waals surface area contributed by atoms with Gasteiger partial charge in [-0.3, -0.25) is 0 Å². The fourth-order valence-electron chi connectivity index (χ4n) is 2.47. The third kappa shape index (κ3) is 4.38. The molecular weight excluding hydrogens is 218 g/mol.